The lowest BCUT2D eigenvalue weighted by molar-refractivity contribution is -0.141. The maximum atomic E-state index is 11.0. The summed E-state index contributed by atoms with van der Waals surface area (Å²) in [5, 5.41) is 0.639. The SMILES string of the molecule is CCOC(=O)CC#Cc1c(Cl)ccnc1Cl. The first-order valence-corrected chi connectivity index (χ1v) is 5.35. The van der Waals surface area contributed by atoms with Crippen molar-refractivity contribution in [3.8, 4) is 11.8 Å². The van der Waals surface area contributed by atoms with Gasteiger partial charge in [0.1, 0.15) is 11.6 Å². The van der Waals surface area contributed by atoms with Gasteiger partial charge in [-0.05, 0) is 13.0 Å². The zero-order chi connectivity index (χ0) is 12.0. The fourth-order valence-electron chi connectivity index (χ4n) is 0.943. The van der Waals surface area contributed by atoms with Crippen molar-refractivity contribution < 1.29 is 9.53 Å². The van der Waals surface area contributed by atoms with E-state index in [1.165, 1.54) is 6.20 Å². The van der Waals surface area contributed by atoms with Gasteiger partial charge >= 0.3 is 5.97 Å². The molecule has 0 saturated carbocycles. The number of pyridine rings is 1. The minimum Gasteiger partial charge on any atom is -0.465 e. The minimum atomic E-state index is -0.369. The Kier molecular flexibility index (Phi) is 5.10. The van der Waals surface area contributed by atoms with Gasteiger partial charge in [-0.25, -0.2) is 4.98 Å². The van der Waals surface area contributed by atoms with Gasteiger partial charge in [0.15, 0.2) is 0 Å². The number of carbonyl (C=O) groups excluding carboxylic acids is 1. The molecule has 1 aromatic heterocycles. The Morgan fingerprint density at radius 3 is 2.94 bits per heavy atom. The molecule has 0 amide bonds. The Morgan fingerprint density at radius 2 is 2.31 bits per heavy atom. The third-order valence-electron chi connectivity index (χ3n) is 1.61. The van der Waals surface area contributed by atoms with E-state index in [9.17, 15) is 4.79 Å². The van der Waals surface area contributed by atoms with Gasteiger partial charge in [0.25, 0.3) is 0 Å². The van der Waals surface area contributed by atoms with Crippen LogP contribution in [0.15, 0.2) is 12.3 Å². The summed E-state index contributed by atoms with van der Waals surface area (Å²) in [5.41, 5.74) is 0.426. The van der Waals surface area contributed by atoms with E-state index in [4.69, 9.17) is 27.9 Å². The first-order valence-electron chi connectivity index (χ1n) is 4.59. The molecule has 3 nitrogen and oxygen atoms in total. The highest BCUT2D eigenvalue weighted by molar-refractivity contribution is 6.35. The lowest BCUT2D eigenvalue weighted by Crippen LogP contribution is -2.01. The molecule has 16 heavy (non-hydrogen) atoms. The lowest BCUT2D eigenvalue weighted by Gasteiger charge is -1.97. The molecule has 0 unspecified atom stereocenters. The number of rotatable bonds is 2. The van der Waals surface area contributed by atoms with Crippen molar-refractivity contribution in [2.75, 3.05) is 6.61 Å². The van der Waals surface area contributed by atoms with Crippen molar-refractivity contribution in [2.45, 2.75) is 13.3 Å². The average Bonchev–Trinajstić information content (AvgIpc) is 2.23. The van der Waals surface area contributed by atoms with E-state index >= 15 is 0 Å². The van der Waals surface area contributed by atoms with Gasteiger partial charge in [-0.3, -0.25) is 4.79 Å². The van der Waals surface area contributed by atoms with Crippen molar-refractivity contribution in [1.82, 2.24) is 4.98 Å². The summed E-state index contributed by atoms with van der Waals surface area (Å²) in [6, 6.07) is 1.59. The number of ether oxygens (including phenoxy) is 1. The molecule has 0 N–H and O–H groups in total. The van der Waals surface area contributed by atoms with Crippen LogP contribution in [0.3, 0.4) is 0 Å². The highest BCUT2D eigenvalue weighted by Crippen LogP contribution is 2.20. The normalized spacial score (nSPS) is 9.19. The van der Waals surface area contributed by atoms with Crippen molar-refractivity contribution >= 4 is 29.2 Å². The van der Waals surface area contributed by atoms with E-state index in [-0.39, 0.29) is 17.5 Å². The zero-order valence-corrected chi connectivity index (χ0v) is 10.1. The lowest BCUT2D eigenvalue weighted by atomic mass is 10.3. The number of hydrogen-bond acceptors (Lipinski definition) is 3. The topological polar surface area (TPSA) is 39.2 Å². The van der Waals surface area contributed by atoms with Gasteiger partial charge in [0.05, 0.1) is 17.2 Å². The molecule has 1 aromatic rings. The first-order chi connectivity index (χ1) is 7.65. The van der Waals surface area contributed by atoms with Crippen LogP contribution in [0, 0.1) is 11.8 Å². The Balaban J connectivity index is 2.74. The number of nitrogens with zero attached hydrogens (tertiary/aromatic N) is 1. The van der Waals surface area contributed by atoms with Crippen LogP contribution in [-0.4, -0.2) is 17.6 Å². The molecule has 84 valence electrons. The predicted octanol–water partition coefficient (Wildman–Crippen LogP) is 2.69. The third-order valence-corrected chi connectivity index (χ3v) is 2.21. The molecule has 1 rings (SSSR count). The highest BCUT2D eigenvalue weighted by atomic mass is 35.5. The molecule has 0 aliphatic carbocycles. The van der Waals surface area contributed by atoms with Crippen LogP contribution >= 0.6 is 23.2 Å². The van der Waals surface area contributed by atoms with Crippen LogP contribution in [0.2, 0.25) is 10.2 Å². The van der Waals surface area contributed by atoms with Gasteiger partial charge in [0, 0.05) is 6.20 Å². The summed E-state index contributed by atoms with van der Waals surface area (Å²) in [6.45, 7) is 2.08. The van der Waals surface area contributed by atoms with Gasteiger partial charge < -0.3 is 4.74 Å². The van der Waals surface area contributed by atoms with E-state index < -0.39 is 0 Å². The van der Waals surface area contributed by atoms with Crippen molar-refractivity contribution in [2.24, 2.45) is 0 Å². The molecule has 0 bridgehead atoms. The smallest absolute Gasteiger partial charge is 0.317 e. The van der Waals surface area contributed by atoms with Crippen molar-refractivity contribution in [3.05, 3.63) is 28.0 Å². The van der Waals surface area contributed by atoms with Crippen LogP contribution in [-0.2, 0) is 9.53 Å². The molecule has 0 aromatic carbocycles. The summed E-state index contributed by atoms with van der Waals surface area (Å²) in [6.07, 6.45) is 1.50. The largest absolute Gasteiger partial charge is 0.465 e. The molecule has 0 saturated heterocycles. The molecule has 0 fully saturated rings. The van der Waals surface area contributed by atoms with E-state index in [1.54, 1.807) is 13.0 Å². The van der Waals surface area contributed by atoms with Gasteiger partial charge in [0.2, 0.25) is 0 Å². The fraction of sp³-hybridized carbons (Fsp3) is 0.273. The van der Waals surface area contributed by atoms with Crippen LogP contribution in [0.5, 0.6) is 0 Å². The second-order valence-electron chi connectivity index (χ2n) is 2.74. The highest BCUT2D eigenvalue weighted by Gasteiger charge is 2.03. The van der Waals surface area contributed by atoms with Crippen molar-refractivity contribution in [1.29, 1.82) is 0 Å². The number of hydrogen-bond donors (Lipinski definition) is 0. The monoisotopic (exact) mass is 257 g/mol. The molecule has 0 aliphatic heterocycles. The second kappa shape index (κ2) is 6.37. The van der Waals surface area contributed by atoms with Crippen LogP contribution in [0.4, 0.5) is 0 Å². The maximum Gasteiger partial charge on any atom is 0.317 e. The second-order valence-corrected chi connectivity index (χ2v) is 3.51. The molecule has 5 heteroatoms. The van der Waals surface area contributed by atoms with E-state index in [0.717, 1.165) is 0 Å². The third kappa shape index (κ3) is 3.73. The van der Waals surface area contributed by atoms with E-state index in [1.807, 2.05) is 0 Å². The molecule has 0 spiro atoms. The molecular weight excluding hydrogens is 249 g/mol. The summed E-state index contributed by atoms with van der Waals surface area (Å²) in [4.78, 5) is 14.8. The van der Waals surface area contributed by atoms with Gasteiger partial charge in [-0.15, -0.1) is 0 Å². The molecular formula is C11H9Cl2NO2. The van der Waals surface area contributed by atoms with Crippen LogP contribution < -0.4 is 0 Å². The van der Waals surface area contributed by atoms with Crippen LogP contribution in [0.1, 0.15) is 18.9 Å². The minimum absolute atomic E-state index is 0.00932. The molecule has 0 aliphatic rings. The molecule has 1 heterocycles. The van der Waals surface area contributed by atoms with Gasteiger partial charge in [-0.2, -0.15) is 0 Å². The van der Waals surface area contributed by atoms with Crippen LogP contribution in [0.25, 0.3) is 0 Å². The molecule has 0 radical (unpaired) electrons. The quantitative estimate of drug-likeness (QED) is 0.465. The zero-order valence-electron chi connectivity index (χ0n) is 8.59. The Morgan fingerprint density at radius 1 is 1.56 bits per heavy atom. The number of aromatic nitrogens is 1. The average molecular weight is 258 g/mol. The summed E-state index contributed by atoms with van der Waals surface area (Å²) in [7, 11) is 0. The standard InChI is InChI=1S/C11H9Cl2NO2/c1-2-16-10(15)5-3-4-8-9(12)6-7-14-11(8)13/h6-7H,2,5H2,1H3. The summed E-state index contributed by atoms with van der Waals surface area (Å²) >= 11 is 11.7. The van der Waals surface area contributed by atoms with Crippen molar-refractivity contribution in [3.63, 3.8) is 0 Å². The van der Waals surface area contributed by atoms with Gasteiger partial charge in [-0.1, -0.05) is 35.0 Å². The fourth-order valence-corrected chi connectivity index (χ4v) is 1.39. The number of halogens is 2. The predicted molar refractivity (Wildman–Crippen MR) is 62.4 cm³/mol. The Bertz CT molecular complexity index is 429. The van der Waals surface area contributed by atoms with E-state index in [2.05, 4.69) is 16.8 Å². The summed E-state index contributed by atoms with van der Waals surface area (Å²) in [5.74, 6) is 4.96. The van der Waals surface area contributed by atoms with E-state index in [0.29, 0.717) is 17.2 Å². The number of esters is 1. The Labute approximate surface area is 104 Å². The number of carbonyl (C=O) groups is 1. The molecule has 0 atom stereocenters. The Hall–Kier alpha value is -1.24. The maximum absolute atomic E-state index is 11.0. The summed E-state index contributed by atoms with van der Waals surface area (Å²) < 4.78 is 4.72. The first kappa shape index (κ1) is 12.8.